The van der Waals surface area contributed by atoms with Crippen molar-refractivity contribution in [2.45, 2.75) is 20.0 Å². The van der Waals surface area contributed by atoms with Crippen molar-refractivity contribution in [3.63, 3.8) is 0 Å². The van der Waals surface area contributed by atoms with Crippen LogP contribution in [0.4, 0.5) is 0 Å². The Morgan fingerprint density at radius 3 is 2.93 bits per heavy atom. The Labute approximate surface area is 88.7 Å². The maximum atomic E-state index is 10.9. The van der Waals surface area contributed by atoms with E-state index in [0.29, 0.717) is 19.0 Å². The van der Waals surface area contributed by atoms with Crippen LogP contribution in [0.1, 0.15) is 13.8 Å². The first-order chi connectivity index (χ1) is 7.15. The van der Waals surface area contributed by atoms with Crippen molar-refractivity contribution in [3.05, 3.63) is 23.7 Å². The highest BCUT2D eigenvalue weighted by atomic mass is 16.5. The molecule has 0 aromatic carbocycles. The van der Waals surface area contributed by atoms with Gasteiger partial charge in [0.05, 0.1) is 13.1 Å². The topological polar surface area (TPSA) is 53.6 Å². The first-order valence-corrected chi connectivity index (χ1v) is 4.97. The summed E-state index contributed by atoms with van der Waals surface area (Å²) in [6.45, 7) is 4.91. The van der Waals surface area contributed by atoms with Crippen LogP contribution >= 0.6 is 0 Å². The quantitative estimate of drug-likeness (QED) is 0.676. The molecular weight excluding hydrogens is 194 g/mol. The molecule has 1 saturated heterocycles. The predicted octanol–water partition coefficient (Wildman–Crippen LogP) is 0.0867. The minimum Gasteiger partial charge on any atom is -0.471 e. The fraction of sp³-hybridized carbons (Fsp3) is 0.500. The molecule has 0 spiro atoms. The van der Waals surface area contributed by atoms with Crippen molar-refractivity contribution in [2.75, 3.05) is 13.1 Å². The van der Waals surface area contributed by atoms with Gasteiger partial charge in [-0.25, -0.2) is 0 Å². The fourth-order valence-corrected chi connectivity index (χ4v) is 1.52. The molecule has 0 aromatic heterocycles. The standard InChI is InChI=1S/C10H15N3O2/c1-7-3-10(12-11-4-7)15-9-5-13(6-9)8(2)14/h3-4,9,11-12H,5-6H2,1-2H3. The van der Waals surface area contributed by atoms with E-state index in [4.69, 9.17) is 4.74 Å². The summed E-state index contributed by atoms with van der Waals surface area (Å²) in [5.41, 5.74) is 6.89. The van der Waals surface area contributed by atoms with Gasteiger partial charge in [0.25, 0.3) is 0 Å². The first-order valence-electron chi connectivity index (χ1n) is 4.97. The summed E-state index contributed by atoms with van der Waals surface area (Å²) in [4.78, 5) is 12.7. The van der Waals surface area contributed by atoms with Gasteiger partial charge in [0, 0.05) is 19.2 Å². The lowest BCUT2D eigenvalue weighted by molar-refractivity contribution is -0.140. The van der Waals surface area contributed by atoms with E-state index in [1.54, 1.807) is 11.8 Å². The van der Waals surface area contributed by atoms with E-state index in [1.165, 1.54) is 0 Å². The van der Waals surface area contributed by atoms with Crippen molar-refractivity contribution in [2.24, 2.45) is 0 Å². The minimum absolute atomic E-state index is 0.106. The molecule has 2 heterocycles. The SMILES string of the molecule is CC(=O)N1CC(OC2=CC(C)=CNN2)C1. The number of hydrazine groups is 1. The third-order valence-electron chi connectivity index (χ3n) is 2.44. The number of carbonyl (C=O) groups excluding carboxylic acids is 1. The smallest absolute Gasteiger partial charge is 0.219 e. The number of allylic oxidation sites excluding steroid dienone is 2. The number of likely N-dealkylation sites (tertiary alicyclic amines) is 1. The fourth-order valence-electron chi connectivity index (χ4n) is 1.52. The van der Waals surface area contributed by atoms with Crippen molar-refractivity contribution in [3.8, 4) is 0 Å². The van der Waals surface area contributed by atoms with Gasteiger partial charge in [0.1, 0.15) is 6.10 Å². The normalized spacial score (nSPS) is 20.5. The molecule has 2 aliphatic rings. The molecule has 82 valence electrons. The lowest BCUT2D eigenvalue weighted by Gasteiger charge is -2.39. The zero-order valence-corrected chi connectivity index (χ0v) is 8.91. The summed E-state index contributed by atoms with van der Waals surface area (Å²) in [6, 6.07) is 0. The van der Waals surface area contributed by atoms with Gasteiger partial charge < -0.3 is 15.1 Å². The number of nitrogens with zero attached hydrogens (tertiary/aromatic N) is 1. The Hall–Kier alpha value is -1.65. The van der Waals surface area contributed by atoms with Gasteiger partial charge in [0.15, 0.2) is 0 Å². The summed E-state index contributed by atoms with van der Waals surface area (Å²) in [6.07, 6.45) is 3.89. The number of carbonyl (C=O) groups is 1. The third kappa shape index (κ3) is 2.23. The van der Waals surface area contributed by atoms with Gasteiger partial charge in [-0.05, 0) is 12.5 Å². The van der Waals surface area contributed by atoms with E-state index in [0.717, 1.165) is 5.57 Å². The van der Waals surface area contributed by atoms with Gasteiger partial charge >= 0.3 is 0 Å². The number of amides is 1. The zero-order valence-electron chi connectivity index (χ0n) is 8.91. The Kier molecular flexibility index (Phi) is 2.53. The van der Waals surface area contributed by atoms with E-state index in [2.05, 4.69) is 10.9 Å². The number of hydrogen-bond acceptors (Lipinski definition) is 4. The third-order valence-corrected chi connectivity index (χ3v) is 2.44. The Morgan fingerprint density at radius 1 is 1.60 bits per heavy atom. The van der Waals surface area contributed by atoms with E-state index >= 15 is 0 Å². The van der Waals surface area contributed by atoms with Crippen LogP contribution in [-0.4, -0.2) is 30.0 Å². The summed E-state index contributed by atoms with van der Waals surface area (Å²) in [5.74, 6) is 0.817. The van der Waals surface area contributed by atoms with Gasteiger partial charge in [-0.1, -0.05) is 0 Å². The highest BCUT2D eigenvalue weighted by molar-refractivity contribution is 5.74. The maximum Gasteiger partial charge on any atom is 0.219 e. The molecule has 5 heteroatoms. The number of hydrogen-bond donors (Lipinski definition) is 2. The molecular formula is C10H15N3O2. The lowest BCUT2D eigenvalue weighted by atomic mass is 10.1. The second-order valence-electron chi connectivity index (χ2n) is 3.83. The number of nitrogens with one attached hydrogen (secondary N) is 2. The molecule has 15 heavy (non-hydrogen) atoms. The van der Waals surface area contributed by atoms with Crippen LogP contribution in [0.5, 0.6) is 0 Å². The van der Waals surface area contributed by atoms with Crippen LogP contribution in [0, 0.1) is 0 Å². The van der Waals surface area contributed by atoms with Crippen molar-refractivity contribution in [1.29, 1.82) is 0 Å². The van der Waals surface area contributed by atoms with Crippen molar-refractivity contribution >= 4 is 5.91 Å². The average Bonchev–Trinajstić information content (AvgIpc) is 2.10. The van der Waals surface area contributed by atoms with E-state index in [-0.39, 0.29) is 12.0 Å². The van der Waals surface area contributed by atoms with E-state index in [9.17, 15) is 4.79 Å². The van der Waals surface area contributed by atoms with Gasteiger partial charge in [-0.3, -0.25) is 10.2 Å². The van der Waals surface area contributed by atoms with Crippen LogP contribution in [0.3, 0.4) is 0 Å². The average molecular weight is 209 g/mol. The van der Waals surface area contributed by atoms with E-state index < -0.39 is 0 Å². The monoisotopic (exact) mass is 209 g/mol. The van der Waals surface area contributed by atoms with Gasteiger partial charge in [-0.15, -0.1) is 0 Å². The first kappa shape index (κ1) is 9.89. The number of ether oxygens (including phenoxy) is 1. The molecule has 0 radical (unpaired) electrons. The summed E-state index contributed by atoms with van der Waals surface area (Å²) >= 11 is 0. The maximum absolute atomic E-state index is 10.9. The van der Waals surface area contributed by atoms with Crippen LogP contribution < -0.4 is 10.9 Å². The van der Waals surface area contributed by atoms with Gasteiger partial charge in [0.2, 0.25) is 11.8 Å². The molecule has 2 rings (SSSR count). The Balaban J connectivity index is 1.80. The molecule has 2 aliphatic heterocycles. The molecule has 1 fully saturated rings. The zero-order chi connectivity index (χ0) is 10.8. The summed E-state index contributed by atoms with van der Waals surface area (Å²) in [7, 11) is 0. The highest BCUT2D eigenvalue weighted by Crippen LogP contribution is 2.15. The van der Waals surface area contributed by atoms with Crippen LogP contribution in [0.25, 0.3) is 0 Å². The lowest BCUT2D eigenvalue weighted by Crippen LogP contribution is -2.54. The second-order valence-corrected chi connectivity index (χ2v) is 3.83. The molecule has 0 bridgehead atoms. The molecule has 0 aromatic rings. The minimum atomic E-state index is 0.106. The van der Waals surface area contributed by atoms with Crippen LogP contribution in [0.15, 0.2) is 23.7 Å². The molecule has 1 amide bonds. The largest absolute Gasteiger partial charge is 0.471 e. The highest BCUT2D eigenvalue weighted by Gasteiger charge is 2.30. The molecule has 5 nitrogen and oxygen atoms in total. The van der Waals surface area contributed by atoms with Crippen molar-refractivity contribution < 1.29 is 9.53 Å². The molecule has 0 saturated carbocycles. The van der Waals surface area contributed by atoms with Crippen LogP contribution in [-0.2, 0) is 9.53 Å². The molecule has 2 N–H and O–H groups in total. The molecule has 0 unspecified atom stereocenters. The predicted molar refractivity (Wildman–Crippen MR) is 55.2 cm³/mol. The summed E-state index contributed by atoms with van der Waals surface area (Å²) in [5, 5.41) is 0. The van der Waals surface area contributed by atoms with Crippen LogP contribution in [0.2, 0.25) is 0 Å². The molecule has 0 atom stereocenters. The summed E-state index contributed by atoms with van der Waals surface area (Å²) < 4.78 is 5.63. The second kappa shape index (κ2) is 3.84. The van der Waals surface area contributed by atoms with E-state index in [1.807, 2.05) is 19.2 Å². The molecule has 0 aliphatic carbocycles. The number of rotatable bonds is 2. The van der Waals surface area contributed by atoms with Crippen molar-refractivity contribution in [1.82, 2.24) is 15.8 Å². The van der Waals surface area contributed by atoms with Gasteiger partial charge in [-0.2, -0.15) is 0 Å². The Morgan fingerprint density at radius 2 is 2.33 bits per heavy atom. The Bertz CT molecular complexity index is 330.